The van der Waals surface area contributed by atoms with E-state index in [1.165, 1.54) is 14.6 Å². The van der Waals surface area contributed by atoms with Gasteiger partial charge < -0.3 is 4.90 Å². The number of para-hydroxylation sites is 2. The summed E-state index contributed by atoms with van der Waals surface area (Å²) < 4.78 is 1.33. The molecule has 11 nitrogen and oxygen atoms in total. The summed E-state index contributed by atoms with van der Waals surface area (Å²) in [5.41, 5.74) is 2.97. The molecule has 0 bridgehead atoms. The van der Waals surface area contributed by atoms with Crippen molar-refractivity contribution in [1.29, 1.82) is 0 Å². The smallest absolute Gasteiger partial charge is 0.280 e. The third kappa shape index (κ3) is 5.11. The molecule has 0 spiro atoms. The molecular formula is C28H29N9O2. The Hall–Kier alpha value is -4.93. The summed E-state index contributed by atoms with van der Waals surface area (Å²) in [6, 6.07) is 14.4. The Bertz CT molecular complexity index is 1510. The average molecular weight is 524 g/mol. The van der Waals surface area contributed by atoms with E-state index in [0.717, 1.165) is 18.4 Å². The van der Waals surface area contributed by atoms with Crippen molar-refractivity contribution < 1.29 is 9.59 Å². The Balaban J connectivity index is 1.38. The van der Waals surface area contributed by atoms with Crippen LogP contribution in [0, 0.1) is 0 Å². The third-order valence-corrected chi connectivity index (χ3v) is 6.90. The molecule has 2 aromatic carbocycles. The number of likely N-dealkylation sites (tertiary alicyclic amines) is 1. The van der Waals surface area contributed by atoms with Crippen molar-refractivity contribution in [3.63, 3.8) is 0 Å². The van der Waals surface area contributed by atoms with E-state index >= 15 is 0 Å². The molecule has 11 heteroatoms. The fraction of sp³-hybridized carbons (Fsp3) is 0.250. The summed E-state index contributed by atoms with van der Waals surface area (Å²) >= 11 is 0. The molecular weight excluding hydrogens is 494 g/mol. The van der Waals surface area contributed by atoms with E-state index in [9.17, 15) is 9.59 Å². The second kappa shape index (κ2) is 11.2. The topological polar surface area (TPSA) is 114 Å². The van der Waals surface area contributed by atoms with E-state index in [-0.39, 0.29) is 23.8 Å². The lowest BCUT2D eigenvalue weighted by Gasteiger charge is -2.38. The number of hydrazone groups is 2. The first-order valence-corrected chi connectivity index (χ1v) is 12.7. The van der Waals surface area contributed by atoms with Crippen molar-refractivity contribution in [2.24, 2.45) is 10.2 Å². The summed E-state index contributed by atoms with van der Waals surface area (Å²) in [7, 11) is 0. The van der Waals surface area contributed by atoms with Crippen LogP contribution in [0.15, 0.2) is 83.5 Å². The van der Waals surface area contributed by atoms with Gasteiger partial charge in [-0.05, 0) is 56.5 Å². The van der Waals surface area contributed by atoms with Gasteiger partial charge in [0, 0.05) is 37.6 Å². The number of anilines is 1. The minimum Gasteiger partial charge on any atom is -0.335 e. The van der Waals surface area contributed by atoms with Gasteiger partial charge in [0.05, 0.1) is 41.1 Å². The van der Waals surface area contributed by atoms with Gasteiger partial charge in [0.15, 0.2) is 0 Å². The molecule has 198 valence electrons. The summed E-state index contributed by atoms with van der Waals surface area (Å²) in [4.78, 5) is 30.5. The Morgan fingerprint density at radius 1 is 1.00 bits per heavy atom. The number of hydrogen-bond acceptors (Lipinski definition) is 8. The van der Waals surface area contributed by atoms with E-state index in [1.807, 2.05) is 23.1 Å². The molecule has 3 heterocycles. The maximum absolute atomic E-state index is 13.7. The second-order valence-corrected chi connectivity index (χ2v) is 9.26. The third-order valence-electron chi connectivity index (χ3n) is 6.90. The van der Waals surface area contributed by atoms with Gasteiger partial charge >= 0.3 is 0 Å². The molecule has 0 aliphatic carbocycles. The van der Waals surface area contributed by atoms with Crippen LogP contribution in [-0.2, 0) is 0 Å². The number of carbonyl (C=O) groups is 2. The minimum absolute atomic E-state index is 0.0352. The molecule has 0 N–H and O–H groups in total. The van der Waals surface area contributed by atoms with Crippen molar-refractivity contribution >= 4 is 30.4 Å². The minimum atomic E-state index is -0.311. The lowest BCUT2D eigenvalue weighted by molar-refractivity contribution is 0.0609. The van der Waals surface area contributed by atoms with Crippen LogP contribution in [0.5, 0.6) is 0 Å². The number of piperidine rings is 1. The number of aromatic nitrogens is 5. The highest BCUT2D eigenvalue weighted by Gasteiger charge is 2.32. The lowest BCUT2D eigenvalue weighted by atomic mass is 9.89. The van der Waals surface area contributed by atoms with Crippen LogP contribution < -0.4 is 5.12 Å². The monoisotopic (exact) mass is 523 g/mol. The first kappa shape index (κ1) is 25.7. The number of rotatable bonds is 7. The standard InChI is InChI=1S/C28H29N9O2/c1-4-30-36(29-3)25-11-7-6-10-24(25)28(39)35-19-22(17-33-35)21-14-13-20(2)34(18-21)27(38)23-9-5-8-12-26(23)37-31-15-16-32-37/h4-12,15-17,19-21H,3,13-14,18H2,1-2H3/b30-4-. The number of amides is 1. The van der Waals surface area contributed by atoms with Crippen LogP contribution in [0.25, 0.3) is 5.69 Å². The highest BCUT2D eigenvalue weighted by molar-refractivity contribution is 6.01. The van der Waals surface area contributed by atoms with E-state index in [4.69, 9.17) is 0 Å². The van der Waals surface area contributed by atoms with Crippen LogP contribution >= 0.6 is 0 Å². The molecule has 2 unspecified atom stereocenters. The highest BCUT2D eigenvalue weighted by atomic mass is 16.2. The van der Waals surface area contributed by atoms with Gasteiger partial charge in [0.2, 0.25) is 0 Å². The Morgan fingerprint density at radius 2 is 1.72 bits per heavy atom. The van der Waals surface area contributed by atoms with Crippen molar-refractivity contribution in [1.82, 2.24) is 29.7 Å². The van der Waals surface area contributed by atoms with Crippen LogP contribution in [0.2, 0.25) is 0 Å². The van der Waals surface area contributed by atoms with Gasteiger partial charge in [-0.25, -0.2) is 4.68 Å². The molecule has 0 saturated carbocycles. The number of nitrogens with zero attached hydrogens (tertiary/aromatic N) is 9. The zero-order valence-electron chi connectivity index (χ0n) is 21.8. The Labute approximate surface area is 226 Å². The highest BCUT2D eigenvalue weighted by Crippen LogP contribution is 2.32. The predicted molar refractivity (Wildman–Crippen MR) is 148 cm³/mol. The number of benzene rings is 2. The molecule has 2 aromatic heterocycles. The first-order chi connectivity index (χ1) is 19.0. The Morgan fingerprint density at radius 3 is 2.46 bits per heavy atom. The molecule has 2 atom stereocenters. The fourth-order valence-corrected chi connectivity index (χ4v) is 4.88. The predicted octanol–water partition coefficient (Wildman–Crippen LogP) is 3.99. The maximum atomic E-state index is 13.7. The van der Waals surface area contributed by atoms with Crippen LogP contribution in [0.1, 0.15) is 58.9 Å². The zero-order chi connectivity index (χ0) is 27.4. The van der Waals surface area contributed by atoms with Crippen molar-refractivity contribution in [2.75, 3.05) is 11.7 Å². The quantitative estimate of drug-likeness (QED) is 0.267. The molecule has 1 fully saturated rings. The average Bonchev–Trinajstić information content (AvgIpc) is 3.69. The maximum Gasteiger partial charge on any atom is 0.280 e. The van der Waals surface area contributed by atoms with Crippen molar-refractivity contribution in [2.45, 2.75) is 38.6 Å². The molecule has 4 aromatic rings. The fourth-order valence-electron chi connectivity index (χ4n) is 4.88. The summed E-state index contributed by atoms with van der Waals surface area (Å²) in [5.74, 6) is -0.353. The summed E-state index contributed by atoms with van der Waals surface area (Å²) in [5, 5.41) is 22.1. The molecule has 1 aliphatic heterocycles. The first-order valence-electron chi connectivity index (χ1n) is 12.7. The van der Waals surface area contributed by atoms with Gasteiger partial charge in [0.25, 0.3) is 11.8 Å². The van der Waals surface area contributed by atoms with E-state index in [2.05, 4.69) is 39.1 Å². The largest absolute Gasteiger partial charge is 0.335 e. The second-order valence-electron chi connectivity index (χ2n) is 9.26. The van der Waals surface area contributed by atoms with Crippen molar-refractivity contribution in [3.8, 4) is 5.69 Å². The summed E-state index contributed by atoms with van der Waals surface area (Å²) in [6.45, 7) is 7.88. The molecule has 1 amide bonds. The SMILES string of the molecule is C=NN(/N=C\C)c1ccccc1C(=O)n1cc(C2CCC(C)N(C(=O)c3ccccc3-n3nccn3)C2)cn1. The Kier molecular flexibility index (Phi) is 7.39. The molecule has 5 rings (SSSR count). The van der Waals surface area contributed by atoms with Gasteiger partial charge in [-0.1, -0.05) is 24.3 Å². The lowest BCUT2D eigenvalue weighted by Crippen LogP contribution is -2.45. The molecule has 1 aliphatic rings. The van der Waals surface area contributed by atoms with Gasteiger partial charge in [-0.2, -0.15) is 35.4 Å². The molecule has 0 radical (unpaired) electrons. The summed E-state index contributed by atoms with van der Waals surface area (Å²) in [6.07, 6.45) is 9.90. The van der Waals surface area contributed by atoms with Crippen LogP contribution in [0.3, 0.4) is 0 Å². The van der Waals surface area contributed by atoms with Crippen LogP contribution in [-0.4, -0.2) is 67.0 Å². The van der Waals surface area contributed by atoms with E-state index < -0.39 is 0 Å². The van der Waals surface area contributed by atoms with Gasteiger partial charge in [0.1, 0.15) is 0 Å². The zero-order valence-corrected chi connectivity index (χ0v) is 21.8. The van der Waals surface area contributed by atoms with Crippen LogP contribution in [0.4, 0.5) is 5.69 Å². The molecule has 1 saturated heterocycles. The normalized spacial score (nSPS) is 17.3. The van der Waals surface area contributed by atoms with E-state index in [1.54, 1.807) is 68.3 Å². The van der Waals surface area contributed by atoms with Gasteiger partial charge in [-0.15, -0.1) is 0 Å². The van der Waals surface area contributed by atoms with E-state index in [0.29, 0.717) is 29.0 Å². The van der Waals surface area contributed by atoms with Crippen molar-refractivity contribution in [3.05, 3.63) is 90.0 Å². The number of hydrogen-bond donors (Lipinski definition) is 0. The number of carbonyl (C=O) groups excluding carboxylic acids is 2. The molecule has 39 heavy (non-hydrogen) atoms. The van der Waals surface area contributed by atoms with Gasteiger partial charge in [-0.3, -0.25) is 9.59 Å².